The lowest BCUT2D eigenvalue weighted by Gasteiger charge is -2.17. The van der Waals surface area contributed by atoms with Gasteiger partial charge >= 0.3 is 0 Å². The Morgan fingerprint density at radius 3 is 2.56 bits per heavy atom. The molecule has 3 rings (SSSR count). The molecule has 0 saturated heterocycles. The number of hydrogen-bond donors (Lipinski definition) is 0. The number of hydrogen-bond acceptors (Lipinski definition) is 5. The first-order valence-corrected chi connectivity index (χ1v) is 12.4. The van der Waals surface area contributed by atoms with Crippen LogP contribution < -0.4 is 4.74 Å². The van der Waals surface area contributed by atoms with Gasteiger partial charge in [0.25, 0.3) is 5.91 Å². The maximum atomic E-state index is 13.0. The second-order valence-corrected chi connectivity index (χ2v) is 9.94. The van der Waals surface area contributed by atoms with Crippen LogP contribution in [0.1, 0.15) is 28.0 Å². The van der Waals surface area contributed by atoms with Gasteiger partial charge in [-0.15, -0.1) is 0 Å². The second kappa shape index (κ2) is 10.2. The summed E-state index contributed by atoms with van der Waals surface area (Å²) in [6, 6.07) is 16.1. The van der Waals surface area contributed by atoms with Crippen molar-refractivity contribution in [3.63, 3.8) is 0 Å². The van der Waals surface area contributed by atoms with Gasteiger partial charge in [-0.3, -0.25) is 4.79 Å². The van der Waals surface area contributed by atoms with Gasteiger partial charge < -0.3 is 9.64 Å². The molecule has 0 aliphatic carbocycles. The molecular formula is C23H26ClN3O4S. The number of carbonyl (C=O) groups excluding carboxylic acids is 1. The Kier molecular flexibility index (Phi) is 7.58. The third-order valence-electron chi connectivity index (χ3n) is 4.94. The maximum absolute atomic E-state index is 13.0. The van der Waals surface area contributed by atoms with Crippen LogP contribution in [0.4, 0.5) is 0 Å². The molecule has 0 aliphatic heterocycles. The molecule has 7 nitrogen and oxygen atoms in total. The van der Waals surface area contributed by atoms with Crippen LogP contribution in [0.25, 0.3) is 0 Å². The van der Waals surface area contributed by atoms with E-state index in [2.05, 4.69) is 5.10 Å². The smallest absolute Gasteiger partial charge is 0.258 e. The van der Waals surface area contributed by atoms with E-state index in [9.17, 15) is 13.2 Å². The number of rotatable bonds is 9. The summed E-state index contributed by atoms with van der Waals surface area (Å²) >= 11 is 6.49. The zero-order chi connectivity index (χ0) is 23.3. The van der Waals surface area contributed by atoms with Crippen molar-refractivity contribution in [2.45, 2.75) is 24.8 Å². The zero-order valence-corrected chi connectivity index (χ0v) is 19.9. The SMILES string of the molecule is Cc1nn(Cc2ccccc2)c(Cl)c1C(=O)N(C)CCCOc1cccc(S(C)(=O)=O)c1. The Hall–Kier alpha value is -2.84. The van der Waals surface area contributed by atoms with Crippen LogP contribution in [0.3, 0.4) is 0 Å². The summed E-state index contributed by atoms with van der Waals surface area (Å²) in [6.07, 6.45) is 1.72. The van der Waals surface area contributed by atoms with E-state index in [1.165, 1.54) is 12.1 Å². The summed E-state index contributed by atoms with van der Waals surface area (Å²) in [5.74, 6) is 0.272. The molecule has 0 N–H and O–H groups in total. The lowest BCUT2D eigenvalue weighted by Crippen LogP contribution is -2.29. The zero-order valence-electron chi connectivity index (χ0n) is 18.3. The van der Waals surface area contributed by atoms with Crippen molar-refractivity contribution in [3.8, 4) is 5.75 Å². The van der Waals surface area contributed by atoms with Crippen LogP contribution in [0.2, 0.25) is 5.15 Å². The van der Waals surface area contributed by atoms with Gasteiger partial charge in [-0.05, 0) is 37.1 Å². The van der Waals surface area contributed by atoms with E-state index in [4.69, 9.17) is 16.3 Å². The Bertz CT molecular complexity index is 1190. The summed E-state index contributed by atoms with van der Waals surface area (Å²) < 4.78 is 30.6. The minimum atomic E-state index is -3.29. The van der Waals surface area contributed by atoms with E-state index in [-0.39, 0.29) is 10.8 Å². The molecular weight excluding hydrogens is 450 g/mol. The number of amides is 1. The topological polar surface area (TPSA) is 81.5 Å². The van der Waals surface area contributed by atoms with E-state index < -0.39 is 9.84 Å². The number of nitrogens with zero attached hydrogens (tertiary/aromatic N) is 3. The fourth-order valence-electron chi connectivity index (χ4n) is 3.24. The second-order valence-electron chi connectivity index (χ2n) is 7.57. The highest BCUT2D eigenvalue weighted by Crippen LogP contribution is 2.23. The van der Waals surface area contributed by atoms with Crippen molar-refractivity contribution in [2.24, 2.45) is 0 Å². The number of aryl methyl sites for hydroxylation is 1. The summed E-state index contributed by atoms with van der Waals surface area (Å²) in [6.45, 7) is 3.04. The molecule has 170 valence electrons. The number of carbonyl (C=O) groups is 1. The van der Waals surface area contributed by atoms with Crippen molar-refractivity contribution in [2.75, 3.05) is 26.5 Å². The summed E-state index contributed by atoms with van der Waals surface area (Å²) in [5, 5.41) is 4.75. The maximum Gasteiger partial charge on any atom is 0.258 e. The first kappa shape index (κ1) is 23.8. The molecule has 0 atom stereocenters. The van der Waals surface area contributed by atoms with Crippen molar-refractivity contribution < 1.29 is 17.9 Å². The van der Waals surface area contributed by atoms with Crippen LogP contribution in [0.5, 0.6) is 5.75 Å². The third kappa shape index (κ3) is 5.89. The molecule has 0 aliphatic rings. The minimum absolute atomic E-state index is 0.203. The van der Waals surface area contributed by atoms with Gasteiger partial charge in [0.15, 0.2) is 9.84 Å². The molecule has 3 aromatic rings. The molecule has 0 bridgehead atoms. The highest BCUT2D eigenvalue weighted by atomic mass is 35.5. The monoisotopic (exact) mass is 475 g/mol. The average molecular weight is 476 g/mol. The van der Waals surface area contributed by atoms with Gasteiger partial charge in [0.05, 0.1) is 29.3 Å². The van der Waals surface area contributed by atoms with E-state index >= 15 is 0 Å². The number of sulfone groups is 1. The number of ether oxygens (including phenoxy) is 1. The molecule has 0 spiro atoms. The summed E-state index contributed by atoms with van der Waals surface area (Å²) in [5.41, 5.74) is 2.02. The molecule has 0 unspecified atom stereocenters. The molecule has 1 amide bonds. The van der Waals surface area contributed by atoms with Gasteiger partial charge in [-0.1, -0.05) is 48.0 Å². The predicted octanol–water partition coefficient (Wildman–Crippen LogP) is 3.84. The van der Waals surface area contributed by atoms with Crippen molar-refractivity contribution in [1.29, 1.82) is 0 Å². The fourth-order valence-corrected chi connectivity index (χ4v) is 4.21. The van der Waals surface area contributed by atoms with Crippen LogP contribution in [-0.2, 0) is 16.4 Å². The highest BCUT2D eigenvalue weighted by molar-refractivity contribution is 7.90. The fraction of sp³-hybridized carbons (Fsp3) is 0.304. The van der Waals surface area contributed by atoms with Gasteiger partial charge in [-0.25, -0.2) is 13.1 Å². The molecule has 1 heterocycles. The quantitative estimate of drug-likeness (QED) is 0.439. The van der Waals surface area contributed by atoms with E-state index in [1.807, 2.05) is 30.3 Å². The van der Waals surface area contributed by atoms with Gasteiger partial charge in [-0.2, -0.15) is 5.10 Å². The lowest BCUT2D eigenvalue weighted by molar-refractivity contribution is 0.0787. The number of halogens is 1. The molecule has 0 saturated carbocycles. The van der Waals surface area contributed by atoms with Crippen LogP contribution in [0, 0.1) is 6.92 Å². The van der Waals surface area contributed by atoms with Gasteiger partial charge in [0, 0.05) is 19.8 Å². The van der Waals surface area contributed by atoms with E-state index in [0.717, 1.165) is 11.8 Å². The van der Waals surface area contributed by atoms with Crippen molar-refractivity contribution >= 4 is 27.3 Å². The van der Waals surface area contributed by atoms with E-state index in [0.29, 0.717) is 48.3 Å². The molecule has 0 radical (unpaired) electrons. The first-order valence-electron chi connectivity index (χ1n) is 10.1. The predicted molar refractivity (Wildman–Crippen MR) is 124 cm³/mol. The Labute approximate surface area is 193 Å². The summed E-state index contributed by atoms with van der Waals surface area (Å²) in [7, 11) is -1.59. The lowest BCUT2D eigenvalue weighted by atomic mass is 10.2. The van der Waals surface area contributed by atoms with Crippen LogP contribution in [-0.4, -0.2) is 55.5 Å². The van der Waals surface area contributed by atoms with Gasteiger partial charge in [0.2, 0.25) is 0 Å². The Balaban J connectivity index is 1.57. The number of benzene rings is 2. The Morgan fingerprint density at radius 2 is 1.88 bits per heavy atom. The van der Waals surface area contributed by atoms with Crippen LogP contribution >= 0.6 is 11.6 Å². The highest BCUT2D eigenvalue weighted by Gasteiger charge is 2.23. The molecule has 2 aromatic carbocycles. The standard InChI is InChI=1S/C23H26ClN3O4S/c1-17-21(22(24)27(25-17)16-18-9-5-4-6-10-18)23(28)26(2)13-8-14-31-19-11-7-12-20(15-19)32(3,29)30/h4-7,9-12,15H,8,13-14,16H2,1-3H3. The van der Waals surface area contributed by atoms with E-state index in [1.54, 1.807) is 35.7 Å². The Morgan fingerprint density at radius 1 is 1.16 bits per heavy atom. The molecule has 9 heteroatoms. The molecule has 1 aromatic heterocycles. The first-order chi connectivity index (χ1) is 15.2. The average Bonchev–Trinajstić information content (AvgIpc) is 3.03. The molecule has 0 fully saturated rings. The van der Waals surface area contributed by atoms with Crippen molar-refractivity contribution in [3.05, 3.63) is 76.6 Å². The van der Waals surface area contributed by atoms with Crippen molar-refractivity contribution in [1.82, 2.24) is 14.7 Å². The third-order valence-corrected chi connectivity index (χ3v) is 6.44. The number of aromatic nitrogens is 2. The van der Waals surface area contributed by atoms with Crippen LogP contribution in [0.15, 0.2) is 59.5 Å². The normalized spacial score (nSPS) is 11.4. The minimum Gasteiger partial charge on any atom is -0.493 e. The van der Waals surface area contributed by atoms with Gasteiger partial charge in [0.1, 0.15) is 10.9 Å². The molecule has 32 heavy (non-hydrogen) atoms. The summed E-state index contributed by atoms with van der Waals surface area (Å²) in [4.78, 5) is 14.7. The largest absolute Gasteiger partial charge is 0.493 e.